The second kappa shape index (κ2) is 4.37. The van der Waals surface area contributed by atoms with Crippen molar-refractivity contribution in [2.45, 2.75) is 32.7 Å². The minimum Gasteiger partial charge on any atom is -0.305 e. The first-order valence-electron chi connectivity index (χ1n) is 5.97. The number of aldehydes is 1. The second-order valence-electron chi connectivity index (χ2n) is 4.84. The maximum Gasteiger partial charge on any atom is 0.273 e. The lowest BCUT2D eigenvalue weighted by Gasteiger charge is -2.18. The fraction of sp³-hybridized carbons (Fsp3) is 0.357. The van der Waals surface area contributed by atoms with Crippen molar-refractivity contribution in [1.82, 2.24) is 9.55 Å². The molecule has 1 aromatic heterocycles. The summed E-state index contributed by atoms with van der Waals surface area (Å²) in [5.41, 5.74) is 0.795. The van der Waals surface area contributed by atoms with E-state index in [0.717, 1.165) is 17.3 Å². The highest BCUT2D eigenvalue weighted by Gasteiger charge is 2.26. The van der Waals surface area contributed by atoms with Gasteiger partial charge in [-0.2, -0.15) is 0 Å². The van der Waals surface area contributed by atoms with E-state index in [2.05, 4.69) is 4.98 Å². The predicted octanol–water partition coefficient (Wildman–Crippen LogP) is 1.89. The molecule has 0 saturated heterocycles. The van der Waals surface area contributed by atoms with Crippen molar-refractivity contribution < 1.29 is 4.79 Å². The van der Waals surface area contributed by atoms with Crippen LogP contribution in [0.5, 0.6) is 0 Å². The second-order valence-corrected chi connectivity index (χ2v) is 4.84. The van der Waals surface area contributed by atoms with Crippen molar-refractivity contribution in [3.8, 4) is 0 Å². The van der Waals surface area contributed by atoms with Crippen molar-refractivity contribution in [2.75, 3.05) is 0 Å². The summed E-state index contributed by atoms with van der Waals surface area (Å²) in [5.74, 6) is 0. The van der Waals surface area contributed by atoms with Crippen LogP contribution in [0, 0.1) is 0 Å². The van der Waals surface area contributed by atoms with E-state index >= 15 is 0 Å². The summed E-state index contributed by atoms with van der Waals surface area (Å²) < 4.78 is 1.66. The lowest BCUT2D eigenvalue weighted by atomic mass is 9.91. The number of para-hydroxylation sites is 2. The van der Waals surface area contributed by atoms with Crippen molar-refractivity contribution >= 4 is 17.3 Å². The molecule has 1 heterocycles. The van der Waals surface area contributed by atoms with Crippen molar-refractivity contribution in [3.63, 3.8) is 0 Å². The van der Waals surface area contributed by atoms with Crippen molar-refractivity contribution in [1.29, 1.82) is 0 Å². The number of aromatic nitrogens is 2. The Balaban J connectivity index is 2.90. The molecule has 1 aromatic carbocycles. The average molecular weight is 244 g/mol. The molecular formula is C14H16N2O2. The predicted molar refractivity (Wildman–Crippen MR) is 70.8 cm³/mol. The number of benzene rings is 1. The lowest BCUT2D eigenvalue weighted by Crippen LogP contribution is -2.34. The Labute approximate surface area is 105 Å². The van der Waals surface area contributed by atoms with Gasteiger partial charge in [0.2, 0.25) is 0 Å². The average Bonchev–Trinajstić information content (AvgIpc) is 2.38. The van der Waals surface area contributed by atoms with Gasteiger partial charge in [-0.3, -0.25) is 4.79 Å². The quantitative estimate of drug-likeness (QED) is 0.775. The number of carbonyl (C=O) groups excluding carboxylic acids is 1. The number of carbonyl (C=O) groups is 1. The molecule has 0 fully saturated rings. The van der Waals surface area contributed by atoms with Gasteiger partial charge in [0.15, 0.2) is 0 Å². The van der Waals surface area contributed by atoms with Gasteiger partial charge in [0.05, 0.1) is 16.4 Å². The third-order valence-electron chi connectivity index (χ3n) is 3.07. The summed E-state index contributed by atoms with van der Waals surface area (Å²) in [6, 6.07) is 7.47. The van der Waals surface area contributed by atoms with Gasteiger partial charge in [-0.1, -0.05) is 12.1 Å². The van der Waals surface area contributed by atoms with E-state index in [4.69, 9.17) is 0 Å². The van der Waals surface area contributed by atoms with Crippen LogP contribution in [0.1, 0.15) is 26.5 Å². The van der Waals surface area contributed by atoms with E-state index in [1.165, 1.54) is 0 Å². The summed E-state index contributed by atoms with van der Waals surface area (Å²) in [6.07, 6.45) is 0.769. The Bertz CT molecular complexity index is 656. The van der Waals surface area contributed by atoms with Crippen LogP contribution >= 0.6 is 0 Å². The van der Waals surface area contributed by atoms with Crippen LogP contribution in [0.4, 0.5) is 0 Å². The summed E-state index contributed by atoms with van der Waals surface area (Å²) in [5, 5.41) is 0. The van der Waals surface area contributed by atoms with Crippen LogP contribution < -0.4 is 5.56 Å². The van der Waals surface area contributed by atoms with E-state index in [1.54, 1.807) is 18.4 Å². The van der Waals surface area contributed by atoms with Gasteiger partial charge in [0, 0.05) is 6.54 Å². The first-order valence-corrected chi connectivity index (χ1v) is 5.97. The fourth-order valence-corrected chi connectivity index (χ4v) is 1.98. The molecule has 0 spiro atoms. The monoisotopic (exact) mass is 244 g/mol. The molecule has 0 saturated carbocycles. The van der Waals surface area contributed by atoms with Crippen molar-refractivity contribution in [2.24, 2.45) is 0 Å². The SMILES string of the molecule is CCn1c(=O)c(C(C)(C)C=O)nc2ccccc21. The number of aryl methyl sites for hydroxylation is 1. The molecular weight excluding hydrogens is 228 g/mol. The van der Waals surface area contributed by atoms with Crippen LogP contribution in [-0.2, 0) is 16.8 Å². The van der Waals surface area contributed by atoms with E-state index in [-0.39, 0.29) is 5.56 Å². The normalized spacial score (nSPS) is 11.7. The molecule has 4 nitrogen and oxygen atoms in total. The molecule has 0 aliphatic carbocycles. The number of nitrogens with zero attached hydrogens (tertiary/aromatic N) is 2. The van der Waals surface area contributed by atoms with Crippen molar-refractivity contribution in [3.05, 3.63) is 40.3 Å². The van der Waals surface area contributed by atoms with E-state index in [0.29, 0.717) is 12.2 Å². The molecule has 0 N–H and O–H groups in total. The summed E-state index contributed by atoms with van der Waals surface area (Å²) in [4.78, 5) is 27.8. The largest absolute Gasteiger partial charge is 0.305 e. The maximum atomic E-state index is 12.4. The topological polar surface area (TPSA) is 52.0 Å². The standard InChI is InChI=1S/C14H16N2O2/c1-4-16-11-8-6-5-7-10(11)15-12(13(16)18)14(2,3)9-17/h5-9H,4H2,1-3H3. The van der Waals surface area contributed by atoms with Gasteiger partial charge in [-0.25, -0.2) is 4.98 Å². The highest BCUT2D eigenvalue weighted by Crippen LogP contribution is 2.18. The minimum absolute atomic E-state index is 0.187. The van der Waals surface area contributed by atoms with Gasteiger partial charge in [0.1, 0.15) is 12.0 Å². The van der Waals surface area contributed by atoms with Gasteiger partial charge in [-0.05, 0) is 32.9 Å². The molecule has 94 valence electrons. The molecule has 0 bridgehead atoms. The highest BCUT2D eigenvalue weighted by atomic mass is 16.1. The highest BCUT2D eigenvalue weighted by molar-refractivity contribution is 5.76. The van der Waals surface area contributed by atoms with Gasteiger partial charge < -0.3 is 9.36 Å². The van der Waals surface area contributed by atoms with Crippen LogP contribution in [0.3, 0.4) is 0 Å². The Morgan fingerprint density at radius 3 is 2.61 bits per heavy atom. The van der Waals surface area contributed by atoms with Crippen LogP contribution in [0.25, 0.3) is 11.0 Å². The van der Waals surface area contributed by atoms with Gasteiger partial charge in [-0.15, -0.1) is 0 Å². The molecule has 0 radical (unpaired) electrons. The van der Waals surface area contributed by atoms with E-state index in [1.807, 2.05) is 31.2 Å². The molecule has 18 heavy (non-hydrogen) atoms. The summed E-state index contributed by atoms with van der Waals surface area (Å²) in [6.45, 7) is 5.88. The number of hydrogen-bond donors (Lipinski definition) is 0. The first kappa shape index (κ1) is 12.5. The first-order chi connectivity index (χ1) is 8.51. The molecule has 0 unspecified atom stereocenters. The molecule has 0 amide bonds. The maximum absolute atomic E-state index is 12.4. The molecule has 0 aliphatic heterocycles. The zero-order valence-electron chi connectivity index (χ0n) is 10.8. The molecule has 4 heteroatoms. The Morgan fingerprint density at radius 1 is 1.33 bits per heavy atom. The van der Waals surface area contributed by atoms with Crippen LogP contribution in [-0.4, -0.2) is 15.8 Å². The molecule has 0 aliphatic rings. The zero-order valence-corrected chi connectivity index (χ0v) is 10.8. The minimum atomic E-state index is -0.863. The third kappa shape index (κ3) is 1.83. The number of rotatable bonds is 3. The van der Waals surface area contributed by atoms with E-state index in [9.17, 15) is 9.59 Å². The summed E-state index contributed by atoms with van der Waals surface area (Å²) in [7, 11) is 0. The fourth-order valence-electron chi connectivity index (χ4n) is 1.98. The van der Waals surface area contributed by atoms with Gasteiger partial charge in [0.25, 0.3) is 5.56 Å². The molecule has 2 aromatic rings. The van der Waals surface area contributed by atoms with Crippen LogP contribution in [0.15, 0.2) is 29.1 Å². The Kier molecular flexibility index (Phi) is 3.03. The molecule has 2 rings (SSSR count). The Morgan fingerprint density at radius 2 is 2.00 bits per heavy atom. The van der Waals surface area contributed by atoms with Crippen LogP contribution in [0.2, 0.25) is 0 Å². The smallest absolute Gasteiger partial charge is 0.273 e. The zero-order chi connectivity index (χ0) is 13.3. The summed E-state index contributed by atoms with van der Waals surface area (Å²) >= 11 is 0. The van der Waals surface area contributed by atoms with E-state index < -0.39 is 5.41 Å². The van der Waals surface area contributed by atoms with Gasteiger partial charge >= 0.3 is 0 Å². The number of fused-ring (bicyclic) bond motifs is 1. The lowest BCUT2D eigenvalue weighted by molar-refractivity contribution is -0.111. The molecule has 0 atom stereocenters. The Hall–Kier alpha value is -1.97. The third-order valence-corrected chi connectivity index (χ3v) is 3.07. The number of hydrogen-bond acceptors (Lipinski definition) is 3.